The summed E-state index contributed by atoms with van der Waals surface area (Å²) in [7, 11) is 0. The summed E-state index contributed by atoms with van der Waals surface area (Å²) < 4.78 is 7.01. The number of benzene rings is 1. The summed E-state index contributed by atoms with van der Waals surface area (Å²) in [6.07, 6.45) is 0. The highest BCUT2D eigenvalue weighted by atomic mass is 35.5. The Morgan fingerprint density at radius 2 is 2.10 bits per heavy atom. The maximum absolute atomic E-state index is 11.4. The van der Waals surface area contributed by atoms with Crippen LogP contribution in [0.15, 0.2) is 18.2 Å². The third-order valence-electron chi connectivity index (χ3n) is 2.73. The quantitative estimate of drug-likeness (QED) is 0.780. The molecule has 0 aliphatic carbocycles. The second-order valence-corrected chi connectivity index (χ2v) is 4.73. The van der Waals surface area contributed by atoms with Gasteiger partial charge in [0, 0.05) is 11.9 Å². The molecule has 0 N–H and O–H groups in total. The van der Waals surface area contributed by atoms with E-state index in [1.807, 2.05) is 0 Å². The van der Waals surface area contributed by atoms with Crippen molar-refractivity contribution in [3.05, 3.63) is 46.0 Å². The van der Waals surface area contributed by atoms with Crippen LogP contribution in [0, 0.1) is 20.4 Å². The van der Waals surface area contributed by atoms with Gasteiger partial charge in [0.2, 0.25) is 5.91 Å². The average molecular weight is 290 g/mol. The van der Waals surface area contributed by atoms with Crippen LogP contribution in [-0.4, -0.2) is 15.7 Å². The van der Waals surface area contributed by atoms with E-state index in [4.69, 9.17) is 22.9 Å². The predicted octanol–water partition coefficient (Wildman–Crippen LogP) is 4.16. The Labute approximate surface area is 121 Å². The summed E-state index contributed by atoms with van der Waals surface area (Å²) in [5.41, 5.74) is 1.60. The Morgan fingerprint density at radius 3 is 2.65 bits per heavy atom. The largest absolute Gasteiger partial charge is 0.455 e. The van der Waals surface area contributed by atoms with E-state index in [-0.39, 0.29) is 5.91 Å². The lowest BCUT2D eigenvalue weighted by atomic mass is 10.3. The second-order valence-electron chi connectivity index (χ2n) is 4.29. The van der Waals surface area contributed by atoms with Crippen molar-refractivity contribution in [3.63, 3.8) is 0 Å². The highest BCUT2D eigenvalue weighted by Gasteiger charge is 2.16. The minimum absolute atomic E-state index is 0.187. The minimum Gasteiger partial charge on any atom is -0.455 e. The van der Waals surface area contributed by atoms with Crippen LogP contribution < -0.4 is 4.74 Å². The lowest BCUT2D eigenvalue weighted by Crippen LogP contribution is -2.09. The van der Waals surface area contributed by atoms with Gasteiger partial charge in [-0.2, -0.15) is 5.10 Å². The number of carbonyl (C=O) groups excluding carboxylic acids is 1. The van der Waals surface area contributed by atoms with Gasteiger partial charge in [-0.1, -0.05) is 11.6 Å². The number of aryl methyl sites for hydroxylation is 1. The molecule has 2 aromatic rings. The van der Waals surface area contributed by atoms with Crippen LogP contribution in [0.3, 0.4) is 0 Å². The molecule has 0 atom stereocenters. The van der Waals surface area contributed by atoms with Gasteiger partial charge in [-0.25, -0.2) is 9.53 Å². The average Bonchev–Trinajstić information content (AvgIpc) is 2.66. The van der Waals surface area contributed by atoms with Crippen molar-refractivity contribution in [1.29, 1.82) is 0 Å². The van der Waals surface area contributed by atoms with E-state index in [1.165, 1.54) is 11.6 Å². The topological polar surface area (TPSA) is 48.5 Å². The number of rotatable bonds is 2. The highest BCUT2D eigenvalue weighted by molar-refractivity contribution is 6.31. The van der Waals surface area contributed by atoms with Crippen LogP contribution in [0.1, 0.15) is 23.1 Å². The smallest absolute Gasteiger partial charge is 0.244 e. The van der Waals surface area contributed by atoms with Crippen LogP contribution in [0.5, 0.6) is 11.5 Å². The first-order valence-corrected chi connectivity index (χ1v) is 6.23. The molecule has 1 heterocycles. The molecule has 20 heavy (non-hydrogen) atoms. The van der Waals surface area contributed by atoms with Gasteiger partial charge >= 0.3 is 0 Å². The lowest BCUT2D eigenvalue weighted by Gasteiger charge is -2.07. The zero-order valence-electron chi connectivity index (χ0n) is 11.3. The van der Waals surface area contributed by atoms with Gasteiger partial charge in [-0.3, -0.25) is 4.79 Å². The van der Waals surface area contributed by atoms with Crippen molar-refractivity contribution < 1.29 is 9.53 Å². The molecule has 0 spiro atoms. The molecule has 5 nitrogen and oxygen atoms in total. The fraction of sp³-hybridized carbons (Fsp3) is 0.214. The summed E-state index contributed by atoms with van der Waals surface area (Å²) in [5, 5.41) is 4.54. The summed E-state index contributed by atoms with van der Waals surface area (Å²) in [6.45, 7) is 11.9. The standard InChI is InChI=1S/C14H12ClN3O2/c1-8-14(9(2)18(17-8)10(3)19)20-13-6-11(15)5-12(7-13)16-4/h5-7H,1-3H3. The van der Waals surface area contributed by atoms with Crippen LogP contribution in [0.2, 0.25) is 5.02 Å². The van der Waals surface area contributed by atoms with Gasteiger partial charge in [0.1, 0.15) is 11.4 Å². The highest BCUT2D eigenvalue weighted by Crippen LogP contribution is 2.32. The van der Waals surface area contributed by atoms with Gasteiger partial charge in [0.05, 0.1) is 12.3 Å². The number of carbonyl (C=O) groups is 1. The van der Waals surface area contributed by atoms with E-state index < -0.39 is 0 Å². The fourth-order valence-corrected chi connectivity index (χ4v) is 2.09. The van der Waals surface area contributed by atoms with Crippen molar-refractivity contribution in [2.75, 3.05) is 0 Å². The minimum atomic E-state index is -0.187. The first-order valence-electron chi connectivity index (χ1n) is 5.85. The summed E-state index contributed by atoms with van der Waals surface area (Å²) in [6, 6.07) is 4.75. The van der Waals surface area contributed by atoms with Gasteiger partial charge in [0.15, 0.2) is 11.4 Å². The van der Waals surface area contributed by atoms with Crippen LogP contribution in [-0.2, 0) is 0 Å². The number of nitrogens with zero attached hydrogens (tertiary/aromatic N) is 3. The van der Waals surface area contributed by atoms with E-state index in [9.17, 15) is 4.79 Å². The molecule has 6 heteroatoms. The van der Waals surface area contributed by atoms with E-state index in [2.05, 4.69) is 9.94 Å². The van der Waals surface area contributed by atoms with Crippen molar-refractivity contribution >= 4 is 23.2 Å². The zero-order valence-corrected chi connectivity index (χ0v) is 12.0. The molecular formula is C14H12ClN3O2. The van der Waals surface area contributed by atoms with Crippen LogP contribution in [0.4, 0.5) is 5.69 Å². The Balaban J connectivity index is 2.43. The van der Waals surface area contributed by atoms with Crippen molar-refractivity contribution in [1.82, 2.24) is 9.78 Å². The van der Waals surface area contributed by atoms with Gasteiger partial charge < -0.3 is 4.74 Å². The number of hydrogen-bond acceptors (Lipinski definition) is 3. The first-order chi connectivity index (χ1) is 9.42. The van der Waals surface area contributed by atoms with Crippen molar-refractivity contribution in [2.45, 2.75) is 20.8 Å². The van der Waals surface area contributed by atoms with Crippen molar-refractivity contribution in [2.24, 2.45) is 0 Å². The molecule has 2 rings (SSSR count). The third kappa shape index (κ3) is 2.65. The summed E-state index contributed by atoms with van der Waals surface area (Å²) in [4.78, 5) is 14.7. The fourth-order valence-electron chi connectivity index (χ4n) is 1.87. The Hall–Kier alpha value is -2.32. The Bertz CT molecular complexity index is 729. The number of halogens is 1. The Morgan fingerprint density at radius 1 is 1.40 bits per heavy atom. The van der Waals surface area contributed by atoms with E-state index >= 15 is 0 Å². The van der Waals surface area contributed by atoms with Gasteiger partial charge in [0.25, 0.3) is 0 Å². The first kappa shape index (κ1) is 14.1. The summed E-state index contributed by atoms with van der Waals surface area (Å²) >= 11 is 5.93. The molecule has 1 aromatic carbocycles. The number of hydrogen-bond donors (Lipinski definition) is 0. The lowest BCUT2D eigenvalue weighted by molar-refractivity contribution is 0.0918. The normalized spacial score (nSPS) is 10.2. The van der Waals surface area contributed by atoms with Gasteiger partial charge in [-0.15, -0.1) is 0 Å². The monoisotopic (exact) mass is 289 g/mol. The van der Waals surface area contributed by atoms with E-state index in [0.717, 1.165) is 0 Å². The molecule has 0 bridgehead atoms. The molecule has 0 saturated carbocycles. The molecule has 0 radical (unpaired) electrons. The number of aromatic nitrogens is 2. The zero-order chi connectivity index (χ0) is 14.9. The van der Waals surface area contributed by atoms with Crippen molar-refractivity contribution in [3.8, 4) is 11.5 Å². The molecule has 1 aromatic heterocycles. The molecule has 102 valence electrons. The molecule has 0 saturated heterocycles. The maximum atomic E-state index is 11.4. The molecule has 0 aliphatic heterocycles. The van der Waals surface area contributed by atoms with E-state index in [1.54, 1.807) is 32.0 Å². The summed E-state index contributed by atoms with van der Waals surface area (Å²) in [5.74, 6) is 0.754. The molecule has 0 amide bonds. The SMILES string of the molecule is [C-]#[N+]c1cc(Cl)cc(Oc2c(C)nn(C(C)=O)c2C)c1. The number of ether oxygens (including phenoxy) is 1. The van der Waals surface area contributed by atoms with Crippen LogP contribution >= 0.6 is 11.6 Å². The molecular weight excluding hydrogens is 278 g/mol. The van der Waals surface area contributed by atoms with E-state index in [0.29, 0.717) is 33.6 Å². The predicted molar refractivity (Wildman–Crippen MR) is 75.8 cm³/mol. The van der Waals surface area contributed by atoms with Gasteiger partial charge in [-0.05, 0) is 32.0 Å². The molecule has 0 aliphatic rings. The van der Waals surface area contributed by atoms with Crippen LogP contribution in [0.25, 0.3) is 4.85 Å². The second kappa shape index (κ2) is 5.35. The molecule has 0 fully saturated rings. The third-order valence-corrected chi connectivity index (χ3v) is 2.95. The maximum Gasteiger partial charge on any atom is 0.244 e. The molecule has 0 unspecified atom stereocenters. The Kier molecular flexibility index (Phi) is 3.77.